The van der Waals surface area contributed by atoms with Gasteiger partial charge in [0.25, 0.3) is 0 Å². The molecule has 2 aromatic carbocycles. The number of rotatable bonds is 5. The minimum absolute atomic E-state index is 0.00183. The average molecular weight is 353 g/mol. The maximum atomic E-state index is 12.6. The number of urea groups is 1. The number of amides is 2. The Morgan fingerprint density at radius 1 is 1.23 bits per heavy atom. The van der Waals surface area contributed by atoms with Crippen LogP contribution < -0.4 is 20.3 Å². The smallest absolute Gasteiger partial charge is 0.322 e. The number of nitrogens with one attached hydrogen (secondary N) is 2. The molecule has 2 atom stereocenters. The fourth-order valence-corrected chi connectivity index (χ4v) is 3.42. The lowest BCUT2D eigenvalue weighted by atomic mass is 9.89. The number of methoxy groups -OCH3 is 1. The van der Waals surface area contributed by atoms with E-state index in [1.54, 1.807) is 19.1 Å². The summed E-state index contributed by atoms with van der Waals surface area (Å²) in [5.74, 6) is 1.31. The number of benzene rings is 2. The van der Waals surface area contributed by atoms with Gasteiger partial charge in [0.15, 0.2) is 0 Å². The Bertz CT molecular complexity index is 720. The number of carbonyl (C=O) groups excluding carboxylic acids is 1. The molecule has 2 N–H and O–H groups in total. The molecule has 3 rings (SSSR count). The summed E-state index contributed by atoms with van der Waals surface area (Å²) in [5, 5.41) is 6.52. The molecule has 5 heteroatoms. The van der Waals surface area contributed by atoms with Crippen LogP contribution in [0.1, 0.15) is 18.4 Å². The Hall–Kier alpha value is -2.53. The molecule has 1 aliphatic rings. The Labute approximate surface area is 155 Å². The second-order valence-electron chi connectivity index (χ2n) is 6.80. The first-order valence-corrected chi connectivity index (χ1v) is 9.11. The second kappa shape index (κ2) is 8.72. The second-order valence-corrected chi connectivity index (χ2v) is 6.80. The van der Waals surface area contributed by atoms with E-state index in [1.807, 2.05) is 30.3 Å². The molecule has 0 unspecified atom stereocenters. The highest BCUT2D eigenvalue weighted by molar-refractivity contribution is 5.91. The van der Waals surface area contributed by atoms with E-state index in [9.17, 15) is 4.79 Å². The van der Waals surface area contributed by atoms with Gasteiger partial charge in [0, 0.05) is 18.8 Å². The van der Waals surface area contributed by atoms with Crippen LogP contribution in [-0.2, 0) is 6.42 Å². The minimum Gasteiger partial charge on any atom is -0.497 e. The normalized spacial score (nSPS) is 19.6. The number of piperidine rings is 1. The molecule has 0 radical (unpaired) electrons. The Balaban J connectivity index is 1.56. The Morgan fingerprint density at radius 3 is 2.81 bits per heavy atom. The lowest BCUT2D eigenvalue weighted by Crippen LogP contribution is -2.53. The summed E-state index contributed by atoms with van der Waals surface area (Å²) in [4.78, 5) is 14.2. The van der Waals surface area contributed by atoms with Crippen LogP contribution in [0.4, 0.5) is 10.5 Å². The monoisotopic (exact) mass is 353 g/mol. The molecule has 26 heavy (non-hydrogen) atoms. The van der Waals surface area contributed by atoms with E-state index in [4.69, 9.17) is 4.74 Å². The largest absolute Gasteiger partial charge is 0.497 e. The molecule has 1 heterocycles. The third-order valence-corrected chi connectivity index (χ3v) is 4.92. The summed E-state index contributed by atoms with van der Waals surface area (Å²) in [6.45, 7) is 0.922. The van der Waals surface area contributed by atoms with Crippen molar-refractivity contribution in [2.45, 2.75) is 25.4 Å². The third-order valence-electron chi connectivity index (χ3n) is 4.92. The van der Waals surface area contributed by atoms with Gasteiger partial charge < -0.3 is 10.1 Å². The maximum Gasteiger partial charge on any atom is 0.322 e. The molecule has 2 amide bonds. The summed E-state index contributed by atoms with van der Waals surface area (Å²) in [6, 6.07) is 17.9. The molecule has 0 spiro atoms. The third kappa shape index (κ3) is 4.76. The molecular formula is C21H27N3O2. The average Bonchev–Trinajstić information content (AvgIpc) is 2.68. The number of ether oxygens (including phenoxy) is 1. The zero-order valence-electron chi connectivity index (χ0n) is 15.4. The fraction of sp³-hybridized carbons (Fsp3) is 0.381. The van der Waals surface area contributed by atoms with Crippen LogP contribution >= 0.6 is 0 Å². The predicted octanol–water partition coefficient (Wildman–Crippen LogP) is 3.41. The lowest BCUT2D eigenvalue weighted by Gasteiger charge is -2.32. The van der Waals surface area contributed by atoms with E-state index in [-0.39, 0.29) is 12.2 Å². The number of hydrogen-bond donors (Lipinski definition) is 2. The summed E-state index contributed by atoms with van der Waals surface area (Å²) in [5.41, 5.74) is 2.16. The molecule has 5 nitrogen and oxygen atoms in total. The number of nitrogens with zero attached hydrogens (tertiary/aromatic N) is 1. The maximum absolute atomic E-state index is 12.6. The van der Waals surface area contributed by atoms with Crippen molar-refractivity contribution < 1.29 is 9.53 Å². The van der Waals surface area contributed by atoms with Crippen LogP contribution in [0.5, 0.6) is 5.75 Å². The fourth-order valence-electron chi connectivity index (χ4n) is 3.42. The van der Waals surface area contributed by atoms with Crippen molar-refractivity contribution in [2.24, 2.45) is 5.92 Å². The topological polar surface area (TPSA) is 53.6 Å². The minimum atomic E-state index is -0.115. The summed E-state index contributed by atoms with van der Waals surface area (Å²) >= 11 is 0. The highest BCUT2D eigenvalue weighted by atomic mass is 16.5. The van der Waals surface area contributed by atoms with E-state index in [2.05, 4.69) is 34.9 Å². The molecule has 1 aliphatic heterocycles. The van der Waals surface area contributed by atoms with Crippen molar-refractivity contribution in [3.8, 4) is 5.75 Å². The Kier molecular flexibility index (Phi) is 6.12. The zero-order valence-corrected chi connectivity index (χ0v) is 15.4. The summed E-state index contributed by atoms with van der Waals surface area (Å²) < 4.78 is 5.23. The van der Waals surface area contributed by atoms with E-state index >= 15 is 0 Å². The highest BCUT2D eigenvalue weighted by Gasteiger charge is 2.24. The number of carbonyl (C=O) groups is 1. The molecule has 1 saturated heterocycles. The van der Waals surface area contributed by atoms with E-state index < -0.39 is 0 Å². The van der Waals surface area contributed by atoms with Crippen LogP contribution in [-0.4, -0.2) is 32.9 Å². The van der Waals surface area contributed by atoms with Gasteiger partial charge in [0.05, 0.1) is 13.3 Å². The van der Waals surface area contributed by atoms with Gasteiger partial charge in [-0.3, -0.25) is 10.2 Å². The van der Waals surface area contributed by atoms with Crippen LogP contribution in [0, 0.1) is 5.92 Å². The molecular weight excluding hydrogens is 326 g/mol. The number of hydrogen-bond acceptors (Lipinski definition) is 3. The molecule has 1 fully saturated rings. The van der Waals surface area contributed by atoms with Gasteiger partial charge in [-0.2, -0.15) is 0 Å². The molecule has 0 aliphatic carbocycles. The summed E-state index contributed by atoms with van der Waals surface area (Å²) in [6.07, 6.45) is 3.12. The highest BCUT2D eigenvalue weighted by Crippen LogP contribution is 2.22. The standard InChI is InChI=1S/C21H27N3O2/c1-24(18-9-6-10-19(15-18)26-2)21(25)23-20-14-17(11-12-22-20)13-16-7-4-3-5-8-16/h3-10,15,17,20,22H,11-14H2,1-2H3,(H,23,25)/t17-,20-/m1/s1. The van der Waals surface area contributed by atoms with Crippen molar-refractivity contribution in [1.82, 2.24) is 10.6 Å². The molecule has 138 valence electrons. The van der Waals surface area contributed by atoms with Gasteiger partial charge >= 0.3 is 6.03 Å². The molecule has 2 aromatic rings. The SMILES string of the molecule is COc1cccc(N(C)C(=O)N[C@@H]2C[C@@H](Cc3ccccc3)CCN2)c1. The molecule has 0 aromatic heterocycles. The van der Waals surface area contributed by atoms with Crippen molar-refractivity contribution in [3.05, 3.63) is 60.2 Å². The van der Waals surface area contributed by atoms with E-state index in [0.717, 1.165) is 37.2 Å². The van der Waals surface area contributed by atoms with Crippen LogP contribution in [0.2, 0.25) is 0 Å². The zero-order chi connectivity index (χ0) is 18.4. The van der Waals surface area contributed by atoms with Gasteiger partial charge in [-0.25, -0.2) is 4.79 Å². The van der Waals surface area contributed by atoms with E-state index in [1.165, 1.54) is 5.56 Å². The van der Waals surface area contributed by atoms with Gasteiger partial charge in [-0.05, 0) is 49.4 Å². The van der Waals surface area contributed by atoms with Crippen molar-refractivity contribution in [2.75, 3.05) is 25.6 Å². The van der Waals surface area contributed by atoms with Gasteiger partial charge in [-0.1, -0.05) is 36.4 Å². The first kappa shape index (κ1) is 18.3. The number of anilines is 1. The van der Waals surface area contributed by atoms with Gasteiger partial charge in [-0.15, -0.1) is 0 Å². The van der Waals surface area contributed by atoms with Gasteiger partial charge in [0.2, 0.25) is 0 Å². The van der Waals surface area contributed by atoms with Crippen LogP contribution in [0.25, 0.3) is 0 Å². The first-order chi connectivity index (χ1) is 12.7. The quantitative estimate of drug-likeness (QED) is 0.866. The van der Waals surface area contributed by atoms with Crippen molar-refractivity contribution in [3.63, 3.8) is 0 Å². The van der Waals surface area contributed by atoms with Crippen molar-refractivity contribution >= 4 is 11.7 Å². The first-order valence-electron chi connectivity index (χ1n) is 9.11. The van der Waals surface area contributed by atoms with Crippen LogP contribution in [0.15, 0.2) is 54.6 Å². The van der Waals surface area contributed by atoms with Gasteiger partial charge in [0.1, 0.15) is 5.75 Å². The van der Waals surface area contributed by atoms with Crippen molar-refractivity contribution in [1.29, 1.82) is 0 Å². The summed E-state index contributed by atoms with van der Waals surface area (Å²) in [7, 11) is 3.40. The predicted molar refractivity (Wildman–Crippen MR) is 105 cm³/mol. The lowest BCUT2D eigenvalue weighted by molar-refractivity contribution is 0.226. The molecule has 0 bridgehead atoms. The van der Waals surface area contributed by atoms with E-state index in [0.29, 0.717) is 5.92 Å². The van der Waals surface area contributed by atoms with Crippen LogP contribution in [0.3, 0.4) is 0 Å². The molecule has 0 saturated carbocycles. The Morgan fingerprint density at radius 2 is 2.04 bits per heavy atom.